The third-order valence-corrected chi connectivity index (χ3v) is 2.86. The number of methoxy groups -OCH3 is 1. The second kappa shape index (κ2) is 4.77. The van der Waals surface area contributed by atoms with Gasteiger partial charge >= 0.3 is 5.97 Å². The van der Waals surface area contributed by atoms with Gasteiger partial charge in [0.05, 0.1) is 19.1 Å². The molecule has 0 aliphatic carbocycles. The molecule has 15 heavy (non-hydrogen) atoms. The molecule has 0 bridgehead atoms. The van der Waals surface area contributed by atoms with Crippen LogP contribution < -0.4 is 0 Å². The standard InChI is InChI=1S/C11H13BrO3/c1-11(14,7-10(13)15-2)8-5-3-4-6-9(8)12/h3-6,14H,7H2,1-2H3. The second-order valence-electron chi connectivity index (χ2n) is 3.51. The molecule has 1 rings (SSSR count). The van der Waals surface area contributed by atoms with Crippen molar-refractivity contribution in [3.63, 3.8) is 0 Å². The van der Waals surface area contributed by atoms with E-state index in [4.69, 9.17) is 0 Å². The minimum absolute atomic E-state index is 0.0634. The average Bonchev–Trinajstić information content (AvgIpc) is 2.17. The molecule has 0 saturated carbocycles. The van der Waals surface area contributed by atoms with Crippen LogP contribution in [0.5, 0.6) is 0 Å². The molecule has 0 fully saturated rings. The van der Waals surface area contributed by atoms with Gasteiger partial charge in [0.25, 0.3) is 0 Å². The molecule has 82 valence electrons. The summed E-state index contributed by atoms with van der Waals surface area (Å²) in [4.78, 5) is 11.1. The van der Waals surface area contributed by atoms with Gasteiger partial charge in [-0.05, 0) is 18.6 Å². The molecule has 3 nitrogen and oxygen atoms in total. The lowest BCUT2D eigenvalue weighted by atomic mass is 9.93. The van der Waals surface area contributed by atoms with Crippen LogP contribution in [0, 0.1) is 0 Å². The number of benzene rings is 1. The lowest BCUT2D eigenvalue weighted by Gasteiger charge is -2.23. The maximum absolute atomic E-state index is 11.1. The number of ether oxygens (including phenoxy) is 1. The number of carbonyl (C=O) groups excluding carboxylic acids is 1. The molecule has 1 atom stereocenters. The van der Waals surface area contributed by atoms with Crippen molar-refractivity contribution in [1.82, 2.24) is 0 Å². The van der Waals surface area contributed by atoms with Gasteiger partial charge < -0.3 is 9.84 Å². The molecular weight excluding hydrogens is 260 g/mol. The van der Waals surface area contributed by atoms with Crippen molar-refractivity contribution in [3.8, 4) is 0 Å². The van der Waals surface area contributed by atoms with E-state index in [-0.39, 0.29) is 6.42 Å². The molecule has 0 amide bonds. The first kappa shape index (κ1) is 12.2. The van der Waals surface area contributed by atoms with E-state index in [1.54, 1.807) is 13.0 Å². The smallest absolute Gasteiger partial charge is 0.308 e. The zero-order chi connectivity index (χ0) is 11.5. The fourth-order valence-electron chi connectivity index (χ4n) is 1.35. The summed E-state index contributed by atoms with van der Waals surface area (Å²) in [5.41, 5.74) is -0.539. The van der Waals surface area contributed by atoms with Crippen molar-refractivity contribution in [2.24, 2.45) is 0 Å². The van der Waals surface area contributed by atoms with Crippen LogP contribution in [0.25, 0.3) is 0 Å². The summed E-state index contributed by atoms with van der Waals surface area (Å²) < 4.78 is 5.31. The minimum Gasteiger partial charge on any atom is -0.469 e. The zero-order valence-corrected chi connectivity index (χ0v) is 10.2. The van der Waals surface area contributed by atoms with E-state index in [0.29, 0.717) is 5.56 Å². The largest absolute Gasteiger partial charge is 0.469 e. The topological polar surface area (TPSA) is 46.5 Å². The Labute approximate surface area is 97.2 Å². The van der Waals surface area contributed by atoms with Crippen molar-refractivity contribution < 1.29 is 14.6 Å². The molecule has 4 heteroatoms. The van der Waals surface area contributed by atoms with Crippen LogP contribution in [0.3, 0.4) is 0 Å². The highest BCUT2D eigenvalue weighted by Crippen LogP contribution is 2.30. The Kier molecular flexibility index (Phi) is 3.88. The van der Waals surface area contributed by atoms with E-state index in [0.717, 1.165) is 4.47 Å². The summed E-state index contributed by atoms with van der Waals surface area (Å²) in [6.07, 6.45) is -0.0634. The molecular formula is C11H13BrO3. The minimum atomic E-state index is -1.22. The normalized spacial score (nSPS) is 14.4. The summed E-state index contributed by atoms with van der Waals surface area (Å²) in [6.45, 7) is 1.59. The van der Waals surface area contributed by atoms with Gasteiger partial charge in [0, 0.05) is 4.47 Å². The Balaban J connectivity index is 2.95. The van der Waals surface area contributed by atoms with Crippen molar-refractivity contribution in [2.75, 3.05) is 7.11 Å². The van der Waals surface area contributed by atoms with Gasteiger partial charge in [0.15, 0.2) is 0 Å². The fraction of sp³-hybridized carbons (Fsp3) is 0.364. The van der Waals surface area contributed by atoms with Crippen molar-refractivity contribution in [2.45, 2.75) is 18.9 Å². The number of aliphatic hydroxyl groups is 1. The number of esters is 1. The molecule has 0 spiro atoms. The number of carbonyl (C=O) groups is 1. The van der Waals surface area contributed by atoms with E-state index in [1.165, 1.54) is 7.11 Å². The van der Waals surface area contributed by atoms with Gasteiger partial charge in [0.2, 0.25) is 0 Å². The Hall–Kier alpha value is -0.870. The third kappa shape index (κ3) is 3.04. The predicted molar refractivity (Wildman–Crippen MR) is 60.3 cm³/mol. The molecule has 1 aromatic rings. The van der Waals surface area contributed by atoms with E-state index < -0.39 is 11.6 Å². The van der Waals surface area contributed by atoms with Crippen LogP contribution in [-0.4, -0.2) is 18.2 Å². The lowest BCUT2D eigenvalue weighted by Crippen LogP contribution is -2.26. The summed E-state index contributed by atoms with van der Waals surface area (Å²) >= 11 is 3.33. The van der Waals surface area contributed by atoms with Crippen LogP contribution in [0.2, 0.25) is 0 Å². The van der Waals surface area contributed by atoms with Crippen LogP contribution in [0.15, 0.2) is 28.7 Å². The summed E-state index contributed by atoms with van der Waals surface area (Å²) in [7, 11) is 1.30. The first-order valence-corrected chi connectivity index (χ1v) is 5.31. The maximum atomic E-state index is 11.1. The van der Waals surface area contributed by atoms with Gasteiger partial charge in [-0.1, -0.05) is 34.1 Å². The summed E-state index contributed by atoms with van der Waals surface area (Å²) in [5.74, 6) is -0.434. The Bertz CT molecular complexity index is 361. The quantitative estimate of drug-likeness (QED) is 0.859. The molecule has 0 aliphatic rings. The number of hydrogen-bond acceptors (Lipinski definition) is 3. The van der Waals surface area contributed by atoms with Crippen molar-refractivity contribution >= 4 is 21.9 Å². The molecule has 1 aromatic carbocycles. The highest BCUT2D eigenvalue weighted by molar-refractivity contribution is 9.10. The number of hydrogen-bond donors (Lipinski definition) is 1. The lowest BCUT2D eigenvalue weighted by molar-refractivity contribution is -0.145. The monoisotopic (exact) mass is 272 g/mol. The van der Waals surface area contributed by atoms with Crippen LogP contribution in [-0.2, 0) is 15.1 Å². The van der Waals surface area contributed by atoms with E-state index >= 15 is 0 Å². The van der Waals surface area contributed by atoms with Crippen LogP contribution in [0.1, 0.15) is 18.9 Å². The fourth-order valence-corrected chi connectivity index (χ4v) is 2.06. The molecule has 1 N–H and O–H groups in total. The second-order valence-corrected chi connectivity index (χ2v) is 4.36. The SMILES string of the molecule is COC(=O)CC(C)(O)c1ccccc1Br. The highest BCUT2D eigenvalue weighted by Gasteiger charge is 2.28. The first-order chi connectivity index (χ1) is 6.97. The highest BCUT2D eigenvalue weighted by atomic mass is 79.9. The van der Waals surface area contributed by atoms with Crippen molar-refractivity contribution in [1.29, 1.82) is 0 Å². The zero-order valence-electron chi connectivity index (χ0n) is 8.66. The Morgan fingerprint density at radius 3 is 2.67 bits per heavy atom. The van der Waals surface area contributed by atoms with Crippen molar-refractivity contribution in [3.05, 3.63) is 34.3 Å². The Morgan fingerprint density at radius 1 is 1.53 bits per heavy atom. The first-order valence-electron chi connectivity index (χ1n) is 4.51. The molecule has 0 radical (unpaired) electrons. The molecule has 0 aromatic heterocycles. The summed E-state index contributed by atoms with van der Waals surface area (Å²) in [5, 5.41) is 10.1. The van der Waals surface area contributed by atoms with Gasteiger partial charge in [-0.2, -0.15) is 0 Å². The summed E-state index contributed by atoms with van der Waals surface area (Å²) in [6, 6.07) is 7.25. The van der Waals surface area contributed by atoms with E-state index in [2.05, 4.69) is 20.7 Å². The van der Waals surface area contributed by atoms with E-state index in [9.17, 15) is 9.90 Å². The predicted octanol–water partition coefficient (Wildman–Crippen LogP) is 2.22. The Morgan fingerprint density at radius 2 is 2.13 bits per heavy atom. The molecule has 1 unspecified atom stereocenters. The van der Waals surface area contributed by atoms with E-state index in [1.807, 2.05) is 18.2 Å². The molecule has 0 saturated heterocycles. The number of halogens is 1. The molecule has 0 heterocycles. The van der Waals surface area contributed by atoms with Gasteiger partial charge in [-0.3, -0.25) is 4.79 Å². The molecule has 0 aliphatic heterocycles. The average molecular weight is 273 g/mol. The van der Waals surface area contributed by atoms with Gasteiger partial charge in [-0.25, -0.2) is 0 Å². The maximum Gasteiger partial charge on any atom is 0.308 e. The number of rotatable bonds is 3. The van der Waals surface area contributed by atoms with Gasteiger partial charge in [-0.15, -0.1) is 0 Å². The van der Waals surface area contributed by atoms with Crippen LogP contribution >= 0.6 is 15.9 Å². The van der Waals surface area contributed by atoms with Crippen LogP contribution in [0.4, 0.5) is 0 Å². The van der Waals surface area contributed by atoms with Gasteiger partial charge in [0.1, 0.15) is 0 Å². The third-order valence-electron chi connectivity index (χ3n) is 2.17.